The van der Waals surface area contributed by atoms with Gasteiger partial charge in [-0.2, -0.15) is 0 Å². The largest absolute Gasteiger partial charge is 0.462 e. The van der Waals surface area contributed by atoms with Gasteiger partial charge in [0.2, 0.25) is 0 Å². The zero-order valence-corrected chi connectivity index (χ0v) is 24.0. The number of hydrogen-bond donors (Lipinski definition) is 0. The van der Waals surface area contributed by atoms with Crippen molar-refractivity contribution < 1.29 is 9.53 Å². The molecule has 0 aliphatic carbocycles. The van der Waals surface area contributed by atoms with Crippen LogP contribution in [-0.4, -0.2) is 12.1 Å². The quantitative estimate of drug-likeness (QED) is 0.0939. The number of carbonyl (C=O) groups excluding carboxylic acids is 1. The van der Waals surface area contributed by atoms with Gasteiger partial charge in [-0.15, -0.1) is 0 Å². The highest BCUT2D eigenvalue weighted by atomic mass is 16.5. The predicted octanol–water partition coefficient (Wildman–Crippen LogP) is 10.7. The summed E-state index contributed by atoms with van der Waals surface area (Å²) >= 11 is 0. The van der Waals surface area contributed by atoms with Crippen LogP contribution in [0.2, 0.25) is 0 Å². The second kappa shape index (κ2) is 22.2. The van der Waals surface area contributed by atoms with Crippen LogP contribution in [0.3, 0.4) is 0 Å². The Bertz CT molecular complexity index is 588. The molecule has 0 aromatic carbocycles. The van der Waals surface area contributed by atoms with E-state index in [1.807, 2.05) is 0 Å². The third kappa shape index (κ3) is 22.5. The van der Waals surface area contributed by atoms with Crippen molar-refractivity contribution in [3.05, 3.63) is 34.9 Å². The summed E-state index contributed by atoms with van der Waals surface area (Å²) in [6.45, 7) is 15.4. The van der Waals surface area contributed by atoms with Gasteiger partial charge in [-0.25, -0.2) is 0 Å². The van der Waals surface area contributed by atoms with Gasteiger partial charge in [0.25, 0.3) is 0 Å². The summed E-state index contributed by atoms with van der Waals surface area (Å²) in [6, 6.07) is 0. The summed E-state index contributed by atoms with van der Waals surface area (Å²) in [5.41, 5.74) is 4.15. The van der Waals surface area contributed by atoms with Crippen molar-refractivity contribution in [2.75, 3.05) is 0 Å². The highest BCUT2D eigenvalue weighted by Crippen LogP contribution is 2.21. The molecule has 0 fully saturated rings. The number of carbonyl (C=O) groups is 1. The molecule has 0 amide bonds. The van der Waals surface area contributed by atoms with Crippen molar-refractivity contribution in [2.24, 2.45) is 5.92 Å². The Kier molecular flexibility index (Phi) is 21.3. The lowest BCUT2D eigenvalue weighted by molar-refractivity contribution is -0.149. The van der Waals surface area contributed by atoms with Crippen molar-refractivity contribution in [1.29, 1.82) is 0 Å². The Labute approximate surface area is 213 Å². The average Bonchev–Trinajstić information content (AvgIpc) is 2.75. The molecule has 0 radical (unpaired) electrons. The topological polar surface area (TPSA) is 26.3 Å². The number of unbranched alkanes of at least 4 members (excludes halogenated alkanes) is 8. The number of hydrogen-bond acceptors (Lipinski definition) is 2. The van der Waals surface area contributed by atoms with E-state index in [-0.39, 0.29) is 12.1 Å². The Hall–Kier alpha value is -1.31. The van der Waals surface area contributed by atoms with E-state index in [9.17, 15) is 4.79 Å². The Morgan fingerprint density at radius 3 is 1.88 bits per heavy atom. The molecule has 34 heavy (non-hydrogen) atoms. The summed E-state index contributed by atoms with van der Waals surface area (Å²) in [4.78, 5) is 12.6. The van der Waals surface area contributed by atoms with Crippen LogP contribution in [0.5, 0.6) is 0 Å². The molecule has 0 heterocycles. The van der Waals surface area contributed by atoms with Crippen LogP contribution >= 0.6 is 0 Å². The van der Waals surface area contributed by atoms with Crippen LogP contribution in [-0.2, 0) is 9.53 Å². The summed E-state index contributed by atoms with van der Waals surface area (Å²) in [6.07, 6.45) is 25.2. The van der Waals surface area contributed by atoms with Gasteiger partial charge in [-0.3, -0.25) is 4.79 Å². The summed E-state index contributed by atoms with van der Waals surface area (Å²) in [5.74, 6) is 0.556. The number of allylic oxidation sites excluding steroid dienone is 5. The van der Waals surface area contributed by atoms with Crippen molar-refractivity contribution in [3.8, 4) is 0 Å². The average molecular weight is 475 g/mol. The Morgan fingerprint density at radius 1 is 0.735 bits per heavy atom. The lowest BCUT2D eigenvalue weighted by Gasteiger charge is -2.21. The molecule has 0 aromatic heterocycles. The molecule has 0 aliphatic rings. The maximum Gasteiger partial charge on any atom is 0.306 e. The fourth-order valence-corrected chi connectivity index (χ4v) is 4.26. The van der Waals surface area contributed by atoms with Gasteiger partial charge in [-0.1, -0.05) is 100 Å². The molecule has 0 saturated heterocycles. The Balaban J connectivity index is 4.51. The summed E-state index contributed by atoms with van der Waals surface area (Å²) in [5, 5.41) is 0. The van der Waals surface area contributed by atoms with E-state index in [1.54, 1.807) is 0 Å². The zero-order valence-electron chi connectivity index (χ0n) is 24.0. The maximum atomic E-state index is 12.6. The first-order valence-electron chi connectivity index (χ1n) is 14.4. The highest BCUT2D eigenvalue weighted by Gasteiger charge is 2.17. The maximum absolute atomic E-state index is 12.6. The molecule has 0 aliphatic heterocycles. The van der Waals surface area contributed by atoms with Crippen LogP contribution in [0.1, 0.15) is 151 Å². The van der Waals surface area contributed by atoms with Gasteiger partial charge >= 0.3 is 5.97 Å². The Morgan fingerprint density at radius 2 is 1.29 bits per heavy atom. The van der Waals surface area contributed by atoms with E-state index in [0.717, 1.165) is 51.4 Å². The van der Waals surface area contributed by atoms with Crippen molar-refractivity contribution in [1.82, 2.24) is 0 Å². The monoisotopic (exact) mass is 474 g/mol. The molecule has 0 bridgehead atoms. The molecule has 2 heteroatoms. The van der Waals surface area contributed by atoms with E-state index in [1.165, 1.54) is 61.7 Å². The minimum Gasteiger partial charge on any atom is -0.462 e. The number of rotatable bonds is 21. The first-order valence-corrected chi connectivity index (χ1v) is 14.4. The minimum atomic E-state index is 0.0000356. The molecule has 2 unspecified atom stereocenters. The molecule has 2 nitrogen and oxygen atoms in total. The van der Waals surface area contributed by atoms with Gasteiger partial charge in [-0.05, 0) is 79.1 Å². The molecule has 198 valence electrons. The first kappa shape index (κ1) is 32.7. The fourth-order valence-electron chi connectivity index (χ4n) is 4.26. The zero-order chi connectivity index (χ0) is 25.6. The molecule has 0 spiro atoms. The summed E-state index contributed by atoms with van der Waals surface area (Å²) in [7, 11) is 0. The molecule has 0 aromatic rings. The van der Waals surface area contributed by atoms with Gasteiger partial charge in [0, 0.05) is 12.8 Å². The van der Waals surface area contributed by atoms with Crippen molar-refractivity contribution >= 4 is 5.97 Å². The number of esters is 1. The SMILES string of the molecule is CCCCCCCCCCCC(=O)OC(C/C=C(\C)CCC=C(C)C)CC(C)CCC=C(C)C. The predicted molar refractivity (Wildman–Crippen MR) is 151 cm³/mol. The molecule has 0 N–H and O–H groups in total. The standard InChI is InChI=1S/C32H58O2/c1-8-9-10-11-12-13-14-15-16-23-32(33)34-31(26-30(7)22-18-20-28(4)5)25-24-29(6)21-17-19-27(2)3/h19-20,24,30-31H,8-18,21-23,25-26H2,1-7H3/b29-24+. The van der Waals surface area contributed by atoms with Crippen LogP contribution < -0.4 is 0 Å². The number of ether oxygens (including phenoxy) is 1. The fraction of sp³-hybridized carbons (Fsp3) is 0.781. The molecule has 0 saturated carbocycles. The van der Waals surface area contributed by atoms with Gasteiger partial charge < -0.3 is 4.74 Å². The van der Waals surface area contributed by atoms with Gasteiger partial charge in [0.1, 0.15) is 6.10 Å². The van der Waals surface area contributed by atoms with E-state index < -0.39 is 0 Å². The smallest absolute Gasteiger partial charge is 0.306 e. The third-order valence-corrected chi connectivity index (χ3v) is 6.48. The second-order valence-corrected chi connectivity index (χ2v) is 11.0. The lowest BCUT2D eigenvalue weighted by Crippen LogP contribution is -2.20. The van der Waals surface area contributed by atoms with Crippen LogP contribution in [0.15, 0.2) is 34.9 Å². The van der Waals surface area contributed by atoms with Crippen LogP contribution in [0.4, 0.5) is 0 Å². The molecule has 2 atom stereocenters. The molecule has 0 rings (SSSR count). The van der Waals surface area contributed by atoms with E-state index >= 15 is 0 Å². The normalized spacial score (nSPS) is 13.3. The van der Waals surface area contributed by atoms with E-state index in [0.29, 0.717) is 12.3 Å². The van der Waals surface area contributed by atoms with Crippen LogP contribution in [0, 0.1) is 5.92 Å². The lowest BCUT2D eigenvalue weighted by atomic mass is 9.95. The van der Waals surface area contributed by atoms with Crippen LogP contribution in [0.25, 0.3) is 0 Å². The van der Waals surface area contributed by atoms with E-state index in [4.69, 9.17) is 4.74 Å². The minimum absolute atomic E-state index is 0.0000356. The summed E-state index contributed by atoms with van der Waals surface area (Å²) < 4.78 is 6.00. The van der Waals surface area contributed by atoms with Gasteiger partial charge in [0.15, 0.2) is 0 Å². The van der Waals surface area contributed by atoms with Crippen molar-refractivity contribution in [3.63, 3.8) is 0 Å². The van der Waals surface area contributed by atoms with Crippen molar-refractivity contribution in [2.45, 2.75) is 157 Å². The molecular formula is C32H58O2. The van der Waals surface area contributed by atoms with E-state index in [2.05, 4.69) is 66.7 Å². The highest BCUT2D eigenvalue weighted by molar-refractivity contribution is 5.69. The first-order chi connectivity index (χ1) is 16.2. The second-order valence-electron chi connectivity index (χ2n) is 11.0. The van der Waals surface area contributed by atoms with Gasteiger partial charge in [0.05, 0.1) is 0 Å². The third-order valence-electron chi connectivity index (χ3n) is 6.48. The molecular weight excluding hydrogens is 416 g/mol.